The first-order chi connectivity index (χ1) is 8.85. The standard InChI is InChI=1S/C14H12N2O2/c1-17-13-6-2-3-7-14(13)18-10-11-5-4-8-16-12(11)9-15/h2-8H,10H2,1H3. The predicted molar refractivity (Wildman–Crippen MR) is 66.3 cm³/mol. The molecule has 0 radical (unpaired) electrons. The van der Waals surface area contributed by atoms with Gasteiger partial charge in [-0.2, -0.15) is 5.26 Å². The second-order valence-corrected chi connectivity index (χ2v) is 3.56. The number of rotatable bonds is 4. The summed E-state index contributed by atoms with van der Waals surface area (Å²) in [4.78, 5) is 3.98. The molecule has 4 heteroatoms. The second-order valence-electron chi connectivity index (χ2n) is 3.56. The molecule has 1 aromatic heterocycles. The van der Waals surface area contributed by atoms with Gasteiger partial charge in [-0.1, -0.05) is 18.2 Å². The molecule has 0 N–H and O–H groups in total. The molecule has 0 spiro atoms. The fraction of sp³-hybridized carbons (Fsp3) is 0.143. The lowest BCUT2D eigenvalue weighted by Crippen LogP contribution is -2.00. The average molecular weight is 240 g/mol. The Labute approximate surface area is 105 Å². The molecular weight excluding hydrogens is 228 g/mol. The lowest BCUT2D eigenvalue weighted by Gasteiger charge is -2.10. The number of para-hydroxylation sites is 2. The van der Waals surface area contributed by atoms with Crippen molar-refractivity contribution in [2.24, 2.45) is 0 Å². The third kappa shape index (κ3) is 2.58. The van der Waals surface area contributed by atoms with E-state index in [-0.39, 0.29) is 6.61 Å². The molecule has 0 amide bonds. The zero-order chi connectivity index (χ0) is 12.8. The van der Waals surface area contributed by atoms with Gasteiger partial charge in [-0.3, -0.25) is 0 Å². The monoisotopic (exact) mass is 240 g/mol. The van der Waals surface area contributed by atoms with E-state index in [4.69, 9.17) is 14.7 Å². The summed E-state index contributed by atoms with van der Waals surface area (Å²) in [5, 5.41) is 8.92. The largest absolute Gasteiger partial charge is 0.493 e. The molecule has 0 atom stereocenters. The van der Waals surface area contributed by atoms with Crippen LogP contribution in [0.2, 0.25) is 0 Å². The second kappa shape index (κ2) is 5.69. The number of hydrogen-bond acceptors (Lipinski definition) is 4. The Kier molecular flexibility index (Phi) is 3.77. The van der Waals surface area contributed by atoms with Crippen LogP contribution in [-0.2, 0) is 6.61 Å². The molecule has 0 saturated heterocycles. The van der Waals surface area contributed by atoms with Crippen molar-refractivity contribution in [3.8, 4) is 17.6 Å². The van der Waals surface area contributed by atoms with Gasteiger partial charge in [0, 0.05) is 11.8 Å². The van der Waals surface area contributed by atoms with Gasteiger partial charge in [0.25, 0.3) is 0 Å². The molecule has 0 aliphatic rings. The van der Waals surface area contributed by atoms with Gasteiger partial charge in [-0.25, -0.2) is 4.98 Å². The van der Waals surface area contributed by atoms with Crippen molar-refractivity contribution >= 4 is 0 Å². The molecule has 18 heavy (non-hydrogen) atoms. The van der Waals surface area contributed by atoms with Crippen LogP contribution < -0.4 is 9.47 Å². The van der Waals surface area contributed by atoms with Gasteiger partial charge >= 0.3 is 0 Å². The highest BCUT2D eigenvalue weighted by atomic mass is 16.5. The van der Waals surface area contributed by atoms with E-state index in [0.717, 1.165) is 5.56 Å². The van der Waals surface area contributed by atoms with Gasteiger partial charge < -0.3 is 9.47 Å². The number of nitrogens with zero attached hydrogens (tertiary/aromatic N) is 2. The van der Waals surface area contributed by atoms with Crippen molar-refractivity contribution < 1.29 is 9.47 Å². The summed E-state index contributed by atoms with van der Waals surface area (Å²) in [5.74, 6) is 1.31. The maximum absolute atomic E-state index is 8.92. The fourth-order valence-corrected chi connectivity index (χ4v) is 1.55. The van der Waals surface area contributed by atoms with E-state index in [1.165, 1.54) is 0 Å². The Hall–Kier alpha value is -2.54. The van der Waals surface area contributed by atoms with E-state index < -0.39 is 0 Å². The minimum absolute atomic E-state index is 0.289. The number of pyridine rings is 1. The van der Waals surface area contributed by atoms with Gasteiger partial charge in [0.05, 0.1) is 7.11 Å². The molecule has 0 unspecified atom stereocenters. The molecular formula is C14H12N2O2. The van der Waals surface area contributed by atoms with Crippen LogP contribution >= 0.6 is 0 Å². The summed E-state index contributed by atoms with van der Waals surface area (Å²) in [6.45, 7) is 0.289. The Morgan fingerprint density at radius 2 is 1.94 bits per heavy atom. The van der Waals surface area contributed by atoms with Crippen LogP contribution in [0.4, 0.5) is 0 Å². The van der Waals surface area contributed by atoms with E-state index in [0.29, 0.717) is 17.2 Å². The smallest absolute Gasteiger partial charge is 0.161 e. The lowest BCUT2D eigenvalue weighted by molar-refractivity contribution is 0.284. The SMILES string of the molecule is COc1ccccc1OCc1cccnc1C#N. The molecule has 4 nitrogen and oxygen atoms in total. The van der Waals surface area contributed by atoms with Crippen molar-refractivity contribution in [1.82, 2.24) is 4.98 Å². The van der Waals surface area contributed by atoms with E-state index in [1.807, 2.05) is 36.4 Å². The minimum Gasteiger partial charge on any atom is -0.493 e. The number of nitriles is 1. The topological polar surface area (TPSA) is 55.1 Å². The van der Waals surface area contributed by atoms with Crippen molar-refractivity contribution in [2.45, 2.75) is 6.61 Å². The molecule has 0 saturated carbocycles. The van der Waals surface area contributed by atoms with Crippen molar-refractivity contribution in [2.75, 3.05) is 7.11 Å². The summed E-state index contributed by atoms with van der Waals surface area (Å²) in [5.41, 5.74) is 1.14. The first-order valence-electron chi connectivity index (χ1n) is 5.45. The maximum atomic E-state index is 8.92. The normalized spacial score (nSPS) is 9.56. The molecule has 0 aliphatic carbocycles. The number of hydrogen-bond donors (Lipinski definition) is 0. The highest BCUT2D eigenvalue weighted by molar-refractivity contribution is 5.40. The lowest BCUT2D eigenvalue weighted by atomic mass is 10.2. The zero-order valence-electron chi connectivity index (χ0n) is 9.96. The van der Waals surface area contributed by atoms with Crippen LogP contribution in [0.15, 0.2) is 42.6 Å². The molecule has 2 rings (SSSR count). The molecule has 0 fully saturated rings. The summed E-state index contributed by atoms with van der Waals surface area (Å²) in [7, 11) is 1.59. The third-order valence-electron chi connectivity index (χ3n) is 2.45. The number of aromatic nitrogens is 1. The molecule has 2 aromatic rings. The van der Waals surface area contributed by atoms with Gasteiger partial charge in [-0.05, 0) is 18.2 Å². The van der Waals surface area contributed by atoms with Gasteiger partial charge in [0.15, 0.2) is 11.5 Å². The first kappa shape index (κ1) is 11.9. The molecule has 0 aliphatic heterocycles. The van der Waals surface area contributed by atoms with Crippen molar-refractivity contribution in [3.63, 3.8) is 0 Å². The van der Waals surface area contributed by atoms with Crippen LogP contribution in [-0.4, -0.2) is 12.1 Å². The Bertz CT molecular complexity index is 576. The summed E-state index contributed by atoms with van der Waals surface area (Å²) in [6.07, 6.45) is 1.59. The third-order valence-corrected chi connectivity index (χ3v) is 2.45. The van der Waals surface area contributed by atoms with E-state index >= 15 is 0 Å². The van der Waals surface area contributed by atoms with E-state index in [9.17, 15) is 0 Å². The zero-order valence-corrected chi connectivity index (χ0v) is 9.96. The van der Waals surface area contributed by atoms with Gasteiger partial charge in [0.1, 0.15) is 18.4 Å². The molecule has 90 valence electrons. The maximum Gasteiger partial charge on any atom is 0.161 e. The number of ether oxygens (including phenoxy) is 2. The predicted octanol–water partition coefficient (Wildman–Crippen LogP) is 2.54. The highest BCUT2D eigenvalue weighted by Crippen LogP contribution is 2.26. The van der Waals surface area contributed by atoms with E-state index in [2.05, 4.69) is 4.98 Å². The van der Waals surface area contributed by atoms with Gasteiger partial charge in [-0.15, -0.1) is 0 Å². The fourth-order valence-electron chi connectivity index (χ4n) is 1.55. The number of methoxy groups -OCH3 is 1. The minimum atomic E-state index is 0.289. The quantitative estimate of drug-likeness (QED) is 0.824. The summed E-state index contributed by atoms with van der Waals surface area (Å²) < 4.78 is 10.8. The van der Waals surface area contributed by atoms with Crippen LogP contribution in [0.5, 0.6) is 11.5 Å². The van der Waals surface area contributed by atoms with E-state index in [1.54, 1.807) is 19.4 Å². The average Bonchev–Trinajstić information content (AvgIpc) is 2.45. The van der Waals surface area contributed by atoms with Crippen LogP contribution in [0.25, 0.3) is 0 Å². The molecule has 0 bridgehead atoms. The Balaban J connectivity index is 2.14. The van der Waals surface area contributed by atoms with Crippen LogP contribution in [0, 0.1) is 11.3 Å². The number of benzene rings is 1. The molecule has 1 aromatic carbocycles. The van der Waals surface area contributed by atoms with Crippen molar-refractivity contribution in [3.05, 3.63) is 53.9 Å². The van der Waals surface area contributed by atoms with Crippen molar-refractivity contribution in [1.29, 1.82) is 5.26 Å². The van der Waals surface area contributed by atoms with Gasteiger partial charge in [0.2, 0.25) is 0 Å². The summed E-state index contributed by atoms with van der Waals surface area (Å²) in [6, 6.07) is 13.0. The summed E-state index contributed by atoms with van der Waals surface area (Å²) >= 11 is 0. The highest BCUT2D eigenvalue weighted by Gasteiger charge is 2.06. The van der Waals surface area contributed by atoms with Crippen LogP contribution in [0.3, 0.4) is 0 Å². The Morgan fingerprint density at radius 3 is 2.67 bits per heavy atom. The van der Waals surface area contributed by atoms with Crippen LogP contribution in [0.1, 0.15) is 11.3 Å². The first-order valence-corrected chi connectivity index (χ1v) is 5.45. The molecule has 1 heterocycles. The Morgan fingerprint density at radius 1 is 1.17 bits per heavy atom.